The molecule has 1 aliphatic rings. The lowest BCUT2D eigenvalue weighted by atomic mass is 10.1. The molecule has 3 rings (SSSR count). The molecule has 17 heavy (non-hydrogen) atoms. The van der Waals surface area contributed by atoms with Crippen molar-refractivity contribution in [2.75, 3.05) is 13.1 Å². The van der Waals surface area contributed by atoms with Crippen LogP contribution < -0.4 is 5.69 Å². The van der Waals surface area contributed by atoms with E-state index < -0.39 is 0 Å². The van der Waals surface area contributed by atoms with Gasteiger partial charge >= 0.3 is 5.69 Å². The monoisotopic (exact) mass is 249 g/mol. The fourth-order valence-electron chi connectivity index (χ4n) is 2.58. The van der Waals surface area contributed by atoms with Crippen LogP contribution in [0.4, 0.5) is 0 Å². The van der Waals surface area contributed by atoms with Crippen molar-refractivity contribution in [3.05, 3.63) is 34.7 Å². The van der Waals surface area contributed by atoms with Gasteiger partial charge in [0.15, 0.2) is 0 Å². The van der Waals surface area contributed by atoms with E-state index in [0.29, 0.717) is 6.04 Å². The number of aromatic amines is 1. The molecule has 90 valence electrons. The lowest BCUT2D eigenvalue weighted by Crippen LogP contribution is -2.32. The highest BCUT2D eigenvalue weighted by molar-refractivity contribution is 7.13. The second-order valence-electron chi connectivity index (χ2n) is 4.58. The van der Waals surface area contributed by atoms with Crippen LogP contribution in [0.3, 0.4) is 0 Å². The first-order valence-corrected chi connectivity index (χ1v) is 6.46. The number of benzene rings is 1. The van der Waals surface area contributed by atoms with Crippen LogP contribution in [0.15, 0.2) is 29.1 Å². The third kappa shape index (κ3) is 1.92. The molecule has 0 radical (unpaired) electrons. The zero-order chi connectivity index (χ0) is 11.8. The van der Waals surface area contributed by atoms with E-state index in [1.54, 1.807) is 0 Å². The molecule has 0 amide bonds. The van der Waals surface area contributed by atoms with Crippen LogP contribution in [0.5, 0.6) is 0 Å². The molecule has 0 saturated carbocycles. The first-order valence-electron chi connectivity index (χ1n) is 5.94. The molecule has 5 heteroatoms. The van der Waals surface area contributed by atoms with Crippen LogP contribution in [0.2, 0.25) is 0 Å². The number of aromatic nitrogens is 2. The minimum atomic E-state index is 0.0217. The second-order valence-corrected chi connectivity index (χ2v) is 5.31. The summed E-state index contributed by atoms with van der Waals surface area (Å²) in [7, 11) is 2.73. The van der Waals surface area contributed by atoms with Gasteiger partial charge in [-0.2, -0.15) is 0 Å². The van der Waals surface area contributed by atoms with Gasteiger partial charge in [0.1, 0.15) is 0 Å². The Hall–Kier alpha value is -1.12. The molecule has 2 aromatic rings. The summed E-state index contributed by atoms with van der Waals surface area (Å²) < 4.78 is 4.16. The minimum Gasteiger partial charge on any atom is -0.306 e. The van der Waals surface area contributed by atoms with Crippen LogP contribution in [-0.4, -0.2) is 27.3 Å². The van der Waals surface area contributed by atoms with E-state index in [9.17, 15) is 4.79 Å². The molecular formula is C12H16N3OP. The maximum absolute atomic E-state index is 12.0. The Morgan fingerprint density at radius 2 is 1.94 bits per heavy atom. The van der Waals surface area contributed by atoms with Gasteiger partial charge < -0.3 is 4.98 Å². The summed E-state index contributed by atoms with van der Waals surface area (Å²) in [6.45, 7) is 2.06. The van der Waals surface area contributed by atoms with Gasteiger partial charge in [0, 0.05) is 19.1 Å². The van der Waals surface area contributed by atoms with E-state index in [1.807, 2.05) is 28.8 Å². The summed E-state index contributed by atoms with van der Waals surface area (Å²) in [5.41, 5.74) is 1.99. The van der Waals surface area contributed by atoms with E-state index in [2.05, 4.69) is 19.0 Å². The maximum atomic E-state index is 12.0. The van der Waals surface area contributed by atoms with Crippen molar-refractivity contribution in [2.45, 2.75) is 18.9 Å². The number of imidazole rings is 1. The number of para-hydroxylation sites is 2. The van der Waals surface area contributed by atoms with Gasteiger partial charge in [0.2, 0.25) is 0 Å². The van der Waals surface area contributed by atoms with Crippen molar-refractivity contribution in [1.82, 2.24) is 14.2 Å². The molecule has 1 N–H and O–H groups in total. The van der Waals surface area contributed by atoms with Crippen LogP contribution in [0, 0.1) is 0 Å². The molecule has 1 saturated heterocycles. The third-order valence-corrected chi connectivity index (χ3v) is 4.00. The fourth-order valence-corrected chi connectivity index (χ4v) is 2.88. The first kappa shape index (κ1) is 11.0. The summed E-state index contributed by atoms with van der Waals surface area (Å²) in [6.07, 6.45) is 2.07. The molecule has 1 aromatic heterocycles. The molecule has 4 nitrogen and oxygen atoms in total. The predicted molar refractivity (Wildman–Crippen MR) is 72.1 cm³/mol. The maximum Gasteiger partial charge on any atom is 0.326 e. The smallest absolute Gasteiger partial charge is 0.306 e. The van der Waals surface area contributed by atoms with E-state index in [1.165, 1.54) is 0 Å². The topological polar surface area (TPSA) is 41.0 Å². The third-order valence-electron chi connectivity index (χ3n) is 3.49. The van der Waals surface area contributed by atoms with E-state index in [0.717, 1.165) is 37.0 Å². The molecule has 1 fully saturated rings. The Balaban J connectivity index is 2.05. The highest BCUT2D eigenvalue weighted by Gasteiger charge is 2.21. The molecule has 0 aliphatic carbocycles. The van der Waals surface area contributed by atoms with Crippen molar-refractivity contribution >= 4 is 20.4 Å². The average Bonchev–Trinajstić information content (AvgIpc) is 2.66. The molecule has 2 heterocycles. The van der Waals surface area contributed by atoms with Gasteiger partial charge in [-0.1, -0.05) is 21.5 Å². The van der Waals surface area contributed by atoms with Crippen molar-refractivity contribution in [1.29, 1.82) is 0 Å². The zero-order valence-electron chi connectivity index (χ0n) is 9.60. The second kappa shape index (κ2) is 4.28. The zero-order valence-corrected chi connectivity index (χ0v) is 10.7. The Kier molecular flexibility index (Phi) is 2.77. The summed E-state index contributed by atoms with van der Waals surface area (Å²) in [5.74, 6) is 0. The lowest BCUT2D eigenvalue weighted by Gasteiger charge is -2.29. The normalized spacial score (nSPS) is 18.9. The van der Waals surface area contributed by atoms with Gasteiger partial charge in [-0.15, -0.1) is 0 Å². The van der Waals surface area contributed by atoms with Crippen molar-refractivity contribution < 1.29 is 0 Å². The number of fused-ring (bicyclic) bond motifs is 1. The van der Waals surface area contributed by atoms with E-state index in [4.69, 9.17) is 0 Å². The van der Waals surface area contributed by atoms with Gasteiger partial charge in [0.05, 0.1) is 11.0 Å². The summed E-state index contributed by atoms with van der Waals surface area (Å²) >= 11 is 0. The fraction of sp³-hybridized carbons (Fsp3) is 0.417. The average molecular weight is 249 g/mol. The van der Waals surface area contributed by atoms with Gasteiger partial charge in [-0.25, -0.2) is 4.79 Å². The number of nitrogens with zero attached hydrogens (tertiary/aromatic N) is 2. The first-order chi connectivity index (χ1) is 8.25. The molecule has 0 bridgehead atoms. The molecule has 1 aliphatic heterocycles. The Labute approximate surface area is 102 Å². The van der Waals surface area contributed by atoms with Crippen molar-refractivity contribution in [2.24, 2.45) is 0 Å². The largest absolute Gasteiger partial charge is 0.326 e. The summed E-state index contributed by atoms with van der Waals surface area (Å²) in [6, 6.07) is 8.24. The number of hydrogen-bond acceptors (Lipinski definition) is 2. The van der Waals surface area contributed by atoms with Crippen LogP contribution in [-0.2, 0) is 0 Å². The Bertz CT molecular complexity index is 581. The molecule has 1 atom stereocenters. The predicted octanol–water partition coefficient (Wildman–Crippen LogP) is 1.76. The van der Waals surface area contributed by atoms with Crippen molar-refractivity contribution in [3.63, 3.8) is 0 Å². The highest BCUT2D eigenvalue weighted by Crippen LogP contribution is 2.25. The molecule has 1 aromatic carbocycles. The van der Waals surface area contributed by atoms with Crippen LogP contribution in [0.25, 0.3) is 11.0 Å². The van der Waals surface area contributed by atoms with Gasteiger partial charge in [-0.3, -0.25) is 9.24 Å². The number of piperidine rings is 1. The summed E-state index contributed by atoms with van der Waals surface area (Å²) in [5, 5.41) is 0. The van der Waals surface area contributed by atoms with E-state index >= 15 is 0 Å². The summed E-state index contributed by atoms with van der Waals surface area (Å²) in [4.78, 5) is 14.9. The molecule has 0 spiro atoms. The van der Waals surface area contributed by atoms with Gasteiger partial charge in [0.25, 0.3) is 0 Å². The van der Waals surface area contributed by atoms with E-state index in [-0.39, 0.29) is 5.69 Å². The minimum absolute atomic E-state index is 0.0217. The Morgan fingerprint density at radius 1 is 1.24 bits per heavy atom. The number of H-pyrrole nitrogens is 1. The molecule has 1 unspecified atom stereocenters. The number of nitrogens with one attached hydrogen (secondary N) is 1. The molecular weight excluding hydrogens is 233 g/mol. The Morgan fingerprint density at radius 3 is 2.71 bits per heavy atom. The standard InChI is InChI=1S/C12H16N3OP/c16-12-13-10-3-1-2-4-11(10)15(12)9-5-7-14(17)8-6-9/h1-4,9H,5-8,17H2,(H,13,16). The lowest BCUT2D eigenvalue weighted by molar-refractivity contribution is 0.290. The van der Waals surface area contributed by atoms with Crippen LogP contribution >= 0.6 is 9.39 Å². The number of rotatable bonds is 1. The number of hydrogen-bond donors (Lipinski definition) is 1. The highest BCUT2D eigenvalue weighted by atomic mass is 31.0. The quantitative estimate of drug-likeness (QED) is 0.782. The van der Waals surface area contributed by atoms with Gasteiger partial charge in [-0.05, 0) is 25.0 Å². The SMILES string of the molecule is O=c1[nH]c2ccccc2n1C1CCN(P)CC1. The van der Waals surface area contributed by atoms with Crippen LogP contribution in [0.1, 0.15) is 18.9 Å². The van der Waals surface area contributed by atoms with Crippen molar-refractivity contribution in [3.8, 4) is 0 Å².